The van der Waals surface area contributed by atoms with Gasteiger partial charge < -0.3 is 0 Å². The van der Waals surface area contributed by atoms with Crippen LogP contribution in [0.15, 0.2) is 9.98 Å². The third kappa shape index (κ3) is 2.86. The average molecular weight is 262 g/mol. The molecule has 104 valence electrons. The third-order valence-electron chi connectivity index (χ3n) is 5.09. The van der Waals surface area contributed by atoms with Gasteiger partial charge in [-0.1, -0.05) is 13.3 Å². The highest BCUT2D eigenvalue weighted by molar-refractivity contribution is 5.34. The van der Waals surface area contributed by atoms with Crippen LogP contribution in [0.3, 0.4) is 0 Å². The van der Waals surface area contributed by atoms with Crippen molar-refractivity contribution in [3.05, 3.63) is 0 Å². The van der Waals surface area contributed by atoms with Gasteiger partial charge in [0.2, 0.25) is 12.2 Å². The van der Waals surface area contributed by atoms with Crippen molar-refractivity contribution in [2.75, 3.05) is 0 Å². The first-order chi connectivity index (χ1) is 9.21. The molecule has 0 aromatic carbocycles. The third-order valence-corrected chi connectivity index (χ3v) is 5.09. The number of isocyanates is 2. The summed E-state index contributed by atoms with van der Waals surface area (Å²) in [6.45, 7) is 4.13. The fraction of sp³-hybridized carbons (Fsp3) is 0.867. The fourth-order valence-corrected chi connectivity index (χ4v) is 4.37. The lowest BCUT2D eigenvalue weighted by molar-refractivity contribution is 0.183. The minimum absolute atomic E-state index is 0.0535. The maximum Gasteiger partial charge on any atom is 0.235 e. The van der Waals surface area contributed by atoms with Crippen molar-refractivity contribution in [1.82, 2.24) is 0 Å². The molecular formula is C15H22N2O2. The molecule has 4 heteroatoms. The average Bonchev–Trinajstić information content (AvgIpc) is 2.98. The molecule has 0 heterocycles. The molecule has 19 heavy (non-hydrogen) atoms. The zero-order valence-electron chi connectivity index (χ0n) is 11.7. The quantitative estimate of drug-likeness (QED) is 0.546. The molecule has 2 bridgehead atoms. The van der Waals surface area contributed by atoms with Crippen LogP contribution in [0, 0.1) is 23.7 Å². The summed E-state index contributed by atoms with van der Waals surface area (Å²) in [4.78, 5) is 29.0. The van der Waals surface area contributed by atoms with E-state index in [-0.39, 0.29) is 12.1 Å². The van der Waals surface area contributed by atoms with Crippen LogP contribution in [-0.2, 0) is 9.59 Å². The summed E-state index contributed by atoms with van der Waals surface area (Å²) in [7, 11) is 0. The van der Waals surface area contributed by atoms with Crippen molar-refractivity contribution in [1.29, 1.82) is 0 Å². The predicted octanol–water partition coefficient (Wildman–Crippen LogP) is 2.88. The molecule has 0 spiro atoms. The number of rotatable bonds is 6. The lowest BCUT2D eigenvalue weighted by Crippen LogP contribution is -2.33. The normalized spacial score (nSPS) is 35.3. The second kappa shape index (κ2) is 6.27. The number of hydrogen-bond donors (Lipinski definition) is 0. The number of aliphatic imine (C=N–C) groups is 2. The second-order valence-corrected chi connectivity index (χ2v) is 6.10. The van der Waals surface area contributed by atoms with Crippen LogP contribution in [0.5, 0.6) is 0 Å². The van der Waals surface area contributed by atoms with Crippen LogP contribution >= 0.6 is 0 Å². The Balaban J connectivity index is 2.11. The Labute approximate surface area is 114 Å². The van der Waals surface area contributed by atoms with Crippen molar-refractivity contribution in [2.24, 2.45) is 33.7 Å². The molecular weight excluding hydrogens is 240 g/mol. The molecule has 6 atom stereocenters. The van der Waals surface area contributed by atoms with Gasteiger partial charge in [-0.3, -0.25) is 0 Å². The Bertz CT molecular complexity index is 410. The van der Waals surface area contributed by atoms with Gasteiger partial charge in [0.05, 0.1) is 12.1 Å². The van der Waals surface area contributed by atoms with E-state index in [4.69, 9.17) is 0 Å². The summed E-state index contributed by atoms with van der Waals surface area (Å²) in [6.07, 6.45) is 8.98. The summed E-state index contributed by atoms with van der Waals surface area (Å²) >= 11 is 0. The van der Waals surface area contributed by atoms with Crippen molar-refractivity contribution >= 4 is 12.2 Å². The highest BCUT2D eigenvalue weighted by Crippen LogP contribution is 2.55. The Kier molecular flexibility index (Phi) is 4.68. The number of hydrogen-bond acceptors (Lipinski definition) is 4. The van der Waals surface area contributed by atoms with Crippen LogP contribution in [0.4, 0.5) is 0 Å². The molecule has 4 nitrogen and oxygen atoms in total. The highest BCUT2D eigenvalue weighted by Gasteiger charge is 2.50. The fourth-order valence-electron chi connectivity index (χ4n) is 4.37. The van der Waals surface area contributed by atoms with E-state index in [2.05, 4.69) is 16.9 Å². The maximum atomic E-state index is 10.6. The molecule has 2 aliphatic rings. The number of nitrogens with zero attached hydrogens (tertiary/aromatic N) is 2. The zero-order chi connectivity index (χ0) is 13.8. The lowest BCUT2D eigenvalue weighted by Gasteiger charge is -2.34. The summed E-state index contributed by atoms with van der Waals surface area (Å²) in [6, 6.07) is 0.172. The molecule has 0 amide bonds. The van der Waals surface area contributed by atoms with Crippen LogP contribution < -0.4 is 0 Å². The van der Waals surface area contributed by atoms with Gasteiger partial charge in [0.1, 0.15) is 0 Å². The minimum atomic E-state index is 0.0535. The summed E-state index contributed by atoms with van der Waals surface area (Å²) in [5.41, 5.74) is 0. The monoisotopic (exact) mass is 262 g/mol. The first kappa shape index (κ1) is 14.2. The molecule has 2 fully saturated rings. The lowest BCUT2D eigenvalue weighted by atomic mass is 9.73. The number of carbonyl (C=O) groups excluding carboxylic acids is 2. The van der Waals surface area contributed by atoms with E-state index >= 15 is 0 Å². The minimum Gasteiger partial charge on any atom is -0.211 e. The van der Waals surface area contributed by atoms with Crippen molar-refractivity contribution in [3.63, 3.8) is 0 Å². The molecule has 6 unspecified atom stereocenters. The summed E-state index contributed by atoms with van der Waals surface area (Å²) in [5, 5.41) is 0. The van der Waals surface area contributed by atoms with Gasteiger partial charge >= 0.3 is 0 Å². The van der Waals surface area contributed by atoms with E-state index in [1.807, 2.05) is 6.92 Å². The number of fused-ring (bicyclic) bond motifs is 2. The van der Waals surface area contributed by atoms with Gasteiger partial charge in [-0.25, -0.2) is 19.6 Å². The van der Waals surface area contributed by atoms with Crippen molar-refractivity contribution in [2.45, 2.75) is 58.0 Å². The topological polar surface area (TPSA) is 58.9 Å². The van der Waals surface area contributed by atoms with Crippen LogP contribution in [0.25, 0.3) is 0 Å². The smallest absolute Gasteiger partial charge is 0.211 e. The Morgan fingerprint density at radius 2 is 1.79 bits per heavy atom. The van der Waals surface area contributed by atoms with Crippen molar-refractivity contribution < 1.29 is 9.59 Å². The molecule has 0 aromatic heterocycles. The van der Waals surface area contributed by atoms with Gasteiger partial charge in [0.15, 0.2) is 0 Å². The van der Waals surface area contributed by atoms with Crippen LogP contribution in [-0.4, -0.2) is 24.2 Å². The maximum absolute atomic E-state index is 10.6. The predicted molar refractivity (Wildman–Crippen MR) is 72.2 cm³/mol. The molecule has 0 N–H and O–H groups in total. The second-order valence-electron chi connectivity index (χ2n) is 6.10. The first-order valence-corrected chi connectivity index (χ1v) is 7.35. The van der Waals surface area contributed by atoms with E-state index in [0.717, 1.165) is 25.2 Å². The van der Waals surface area contributed by atoms with E-state index in [0.29, 0.717) is 17.8 Å². The molecule has 0 saturated heterocycles. The molecule has 2 rings (SSSR count). The molecule has 2 aliphatic carbocycles. The van der Waals surface area contributed by atoms with E-state index in [9.17, 15) is 9.59 Å². The van der Waals surface area contributed by atoms with E-state index in [1.165, 1.54) is 12.8 Å². The zero-order valence-corrected chi connectivity index (χ0v) is 11.7. The molecule has 2 saturated carbocycles. The Morgan fingerprint density at radius 3 is 2.37 bits per heavy atom. The van der Waals surface area contributed by atoms with E-state index in [1.54, 1.807) is 12.2 Å². The Morgan fingerprint density at radius 1 is 1.11 bits per heavy atom. The summed E-state index contributed by atoms with van der Waals surface area (Å²) < 4.78 is 0. The van der Waals surface area contributed by atoms with Gasteiger partial charge in [-0.15, -0.1) is 0 Å². The SMILES string of the molecule is CCCC(N=C=O)C1CC2CC(C(C)N=C=O)C1C2. The van der Waals surface area contributed by atoms with Crippen molar-refractivity contribution in [3.8, 4) is 0 Å². The van der Waals surface area contributed by atoms with Gasteiger partial charge in [0.25, 0.3) is 0 Å². The molecule has 0 radical (unpaired) electrons. The van der Waals surface area contributed by atoms with Crippen LogP contribution in [0.2, 0.25) is 0 Å². The highest BCUT2D eigenvalue weighted by atomic mass is 16.1. The largest absolute Gasteiger partial charge is 0.235 e. The van der Waals surface area contributed by atoms with E-state index < -0.39 is 0 Å². The van der Waals surface area contributed by atoms with Gasteiger partial charge in [-0.2, -0.15) is 0 Å². The molecule has 0 aliphatic heterocycles. The van der Waals surface area contributed by atoms with Crippen LogP contribution in [0.1, 0.15) is 46.0 Å². The van der Waals surface area contributed by atoms with Gasteiger partial charge in [-0.05, 0) is 56.3 Å². The standard InChI is InChI=1S/C15H22N2O2/c1-3-4-15(17-9-19)14-7-11-5-12(13(14)6-11)10(2)16-8-18/h10-15H,3-7H2,1-2H3. The summed E-state index contributed by atoms with van der Waals surface area (Å²) in [5.74, 6) is 2.23. The first-order valence-electron chi connectivity index (χ1n) is 7.35. The Hall–Kier alpha value is -1.24. The van der Waals surface area contributed by atoms with Gasteiger partial charge in [0, 0.05) is 0 Å². The molecule has 0 aromatic rings.